The van der Waals surface area contributed by atoms with Gasteiger partial charge in [0.15, 0.2) is 17.4 Å². The van der Waals surface area contributed by atoms with Crippen LogP contribution < -0.4 is 10.2 Å². The number of hydrogen-bond acceptors (Lipinski definition) is 3. The van der Waals surface area contributed by atoms with Crippen molar-refractivity contribution in [1.29, 1.82) is 0 Å². The summed E-state index contributed by atoms with van der Waals surface area (Å²) in [7, 11) is 0. The first-order valence-corrected chi connectivity index (χ1v) is 6.48. The number of pyridine rings is 1. The molecule has 0 radical (unpaired) electrons. The minimum Gasteiger partial charge on any atom is -0.449 e. The van der Waals surface area contributed by atoms with Gasteiger partial charge in [-0.2, -0.15) is 0 Å². The normalized spacial score (nSPS) is 10.7. The lowest BCUT2D eigenvalue weighted by molar-refractivity contribution is 0.144. The molecule has 0 bridgehead atoms. The van der Waals surface area contributed by atoms with E-state index >= 15 is 0 Å². The van der Waals surface area contributed by atoms with Gasteiger partial charge < -0.3 is 14.4 Å². The Hall–Kier alpha value is -3.22. The highest BCUT2D eigenvalue weighted by atomic mass is 19.2. The lowest BCUT2D eigenvalue weighted by atomic mass is 10.1. The van der Waals surface area contributed by atoms with Gasteiger partial charge in [0.2, 0.25) is 5.43 Å². The molecule has 0 unspecified atom stereocenters. The average Bonchev–Trinajstić information content (AvgIpc) is 2.52. The Bertz CT molecular complexity index is 967. The number of ether oxygens (including phenoxy) is 1. The van der Waals surface area contributed by atoms with Gasteiger partial charge >= 0.3 is 6.16 Å². The second kappa shape index (κ2) is 5.53. The molecule has 1 N–H and O–H groups in total. The number of carbonyl (C=O) groups is 1. The highest BCUT2D eigenvalue weighted by molar-refractivity contribution is 5.82. The summed E-state index contributed by atoms with van der Waals surface area (Å²) in [5.41, 5.74) is -0.218. The first kappa shape index (κ1) is 14.7. The van der Waals surface area contributed by atoms with Crippen LogP contribution in [0.1, 0.15) is 0 Å². The van der Waals surface area contributed by atoms with Crippen LogP contribution >= 0.6 is 0 Å². The molecular weight excluding hydrogens is 308 g/mol. The molecule has 0 aliphatic carbocycles. The smallest absolute Gasteiger partial charge is 0.449 e. The van der Waals surface area contributed by atoms with Crippen molar-refractivity contribution in [3.8, 4) is 11.4 Å². The Balaban J connectivity index is 2.41. The molecule has 0 spiro atoms. The molecule has 0 saturated carbocycles. The molecule has 23 heavy (non-hydrogen) atoms. The third-order valence-electron chi connectivity index (χ3n) is 3.24. The third kappa shape index (κ3) is 2.64. The summed E-state index contributed by atoms with van der Waals surface area (Å²) in [5, 5.41) is 8.53. The summed E-state index contributed by atoms with van der Waals surface area (Å²) in [5.74, 6) is -2.82. The van der Waals surface area contributed by atoms with Crippen molar-refractivity contribution in [3.63, 3.8) is 0 Å². The number of carboxylic acid groups (broad SMARTS) is 1. The number of nitrogens with zero attached hydrogens (tertiary/aromatic N) is 1. The van der Waals surface area contributed by atoms with E-state index < -0.39 is 29.0 Å². The van der Waals surface area contributed by atoms with E-state index in [-0.39, 0.29) is 10.9 Å². The Labute approximate surface area is 128 Å². The van der Waals surface area contributed by atoms with Crippen molar-refractivity contribution in [2.24, 2.45) is 0 Å². The van der Waals surface area contributed by atoms with Gasteiger partial charge in [0.05, 0.1) is 17.1 Å². The molecule has 3 rings (SSSR count). The molecule has 1 aromatic heterocycles. The van der Waals surface area contributed by atoms with E-state index in [1.807, 2.05) is 0 Å². The predicted molar refractivity (Wildman–Crippen MR) is 78.1 cm³/mol. The Morgan fingerprint density at radius 2 is 1.74 bits per heavy atom. The van der Waals surface area contributed by atoms with Gasteiger partial charge in [-0.3, -0.25) is 4.79 Å². The second-order valence-corrected chi connectivity index (χ2v) is 4.68. The van der Waals surface area contributed by atoms with Crippen LogP contribution in [0.25, 0.3) is 16.6 Å². The van der Waals surface area contributed by atoms with Gasteiger partial charge in [0.1, 0.15) is 0 Å². The van der Waals surface area contributed by atoms with Crippen LogP contribution in [-0.2, 0) is 0 Å². The molecule has 7 heteroatoms. The Morgan fingerprint density at radius 1 is 1.09 bits per heavy atom. The number of aromatic nitrogens is 1. The maximum absolute atomic E-state index is 13.6. The van der Waals surface area contributed by atoms with Gasteiger partial charge in [-0.05, 0) is 18.2 Å². The molecule has 0 fully saturated rings. The third-order valence-corrected chi connectivity index (χ3v) is 3.24. The summed E-state index contributed by atoms with van der Waals surface area (Å²) in [6.07, 6.45) is -0.547. The SMILES string of the molecule is O=C(O)Oc1cn(-c2ccccc2)c2cc(F)c(F)cc2c1=O. The maximum Gasteiger partial charge on any atom is 0.511 e. The van der Waals surface area contributed by atoms with E-state index in [1.165, 1.54) is 4.57 Å². The lowest BCUT2D eigenvalue weighted by Crippen LogP contribution is -2.16. The molecule has 2 aromatic carbocycles. The molecule has 5 nitrogen and oxygen atoms in total. The van der Waals surface area contributed by atoms with E-state index in [1.54, 1.807) is 30.3 Å². The number of rotatable bonds is 2. The molecule has 1 heterocycles. The highest BCUT2D eigenvalue weighted by Gasteiger charge is 2.16. The second-order valence-electron chi connectivity index (χ2n) is 4.68. The molecule has 0 aliphatic heterocycles. The number of halogens is 2. The minimum atomic E-state index is -1.68. The lowest BCUT2D eigenvalue weighted by Gasteiger charge is -2.13. The van der Waals surface area contributed by atoms with Gasteiger partial charge in [-0.1, -0.05) is 18.2 Å². The number of hydrogen-bond donors (Lipinski definition) is 1. The van der Waals surface area contributed by atoms with Crippen LogP contribution in [0.3, 0.4) is 0 Å². The van der Waals surface area contributed by atoms with Crippen molar-refractivity contribution < 1.29 is 23.4 Å². The van der Waals surface area contributed by atoms with Crippen LogP contribution in [0, 0.1) is 11.6 Å². The van der Waals surface area contributed by atoms with E-state index in [2.05, 4.69) is 4.74 Å². The minimum absolute atomic E-state index is 0.0952. The summed E-state index contributed by atoms with van der Waals surface area (Å²) in [6.45, 7) is 0. The van der Waals surface area contributed by atoms with Crippen molar-refractivity contribution in [2.45, 2.75) is 0 Å². The van der Waals surface area contributed by atoms with Gasteiger partial charge in [0, 0.05) is 11.8 Å². The van der Waals surface area contributed by atoms with Gasteiger partial charge in [-0.15, -0.1) is 0 Å². The van der Waals surface area contributed by atoms with Crippen molar-refractivity contribution in [1.82, 2.24) is 4.57 Å². The fraction of sp³-hybridized carbons (Fsp3) is 0. The summed E-state index contributed by atoms with van der Waals surface area (Å²) in [4.78, 5) is 22.9. The standard InChI is InChI=1S/C16H9F2NO4/c17-11-6-10-13(7-12(11)18)19(9-4-2-1-3-5-9)8-14(15(10)20)23-16(21)22/h1-8H,(H,21,22). The number of para-hydroxylation sites is 1. The van der Waals surface area contributed by atoms with Crippen LogP contribution in [0.5, 0.6) is 5.75 Å². The van der Waals surface area contributed by atoms with Crippen molar-refractivity contribution in [2.75, 3.05) is 0 Å². The fourth-order valence-corrected chi connectivity index (χ4v) is 2.26. The largest absolute Gasteiger partial charge is 0.511 e. The molecular formula is C16H9F2NO4. The first-order valence-electron chi connectivity index (χ1n) is 6.48. The van der Waals surface area contributed by atoms with Gasteiger partial charge in [0.25, 0.3) is 0 Å². The molecule has 3 aromatic rings. The van der Waals surface area contributed by atoms with Crippen LogP contribution in [0.2, 0.25) is 0 Å². The van der Waals surface area contributed by atoms with Crippen LogP contribution in [0.4, 0.5) is 13.6 Å². The summed E-state index contributed by atoms with van der Waals surface area (Å²) in [6, 6.07) is 10.1. The zero-order chi connectivity index (χ0) is 16.6. The Kier molecular flexibility index (Phi) is 3.53. The fourth-order valence-electron chi connectivity index (χ4n) is 2.26. The van der Waals surface area contributed by atoms with Crippen molar-refractivity contribution >= 4 is 17.1 Å². The monoisotopic (exact) mass is 317 g/mol. The van der Waals surface area contributed by atoms with E-state index in [4.69, 9.17) is 5.11 Å². The zero-order valence-electron chi connectivity index (χ0n) is 11.5. The summed E-state index contributed by atoms with van der Waals surface area (Å²) < 4.78 is 32.9. The Morgan fingerprint density at radius 3 is 2.39 bits per heavy atom. The number of benzene rings is 2. The molecule has 0 aliphatic rings. The van der Waals surface area contributed by atoms with Crippen molar-refractivity contribution in [3.05, 3.63) is 70.5 Å². The molecule has 0 saturated heterocycles. The quantitative estimate of drug-likeness (QED) is 0.736. The molecule has 0 amide bonds. The zero-order valence-corrected chi connectivity index (χ0v) is 11.5. The van der Waals surface area contributed by atoms with E-state index in [9.17, 15) is 18.4 Å². The highest BCUT2D eigenvalue weighted by Crippen LogP contribution is 2.22. The molecule has 116 valence electrons. The van der Waals surface area contributed by atoms with Crippen LogP contribution in [-0.4, -0.2) is 15.8 Å². The molecule has 0 atom stereocenters. The van der Waals surface area contributed by atoms with Crippen LogP contribution in [0.15, 0.2) is 53.5 Å². The first-order chi connectivity index (χ1) is 11.0. The van der Waals surface area contributed by atoms with E-state index in [0.717, 1.165) is 18.3 Å². The maximum atomic E-state index is 13.6. The number of fused-ring (bicyclic) bond motifs is 1. The topological polar surface area (TPSA) is 68.5 Å². The van der Waals surface area contributed by atoms with Gasteiger partial charge in [-0.25, -0.2) is 13.6 Å². The van der Waals surface area contributed by atoms with E-state index in [0.29, 0.717) is 5.69 Å². The summed E-state index contributed by atoms with van der Waals surface area (Å²) >= 11 is 0. The predicted octanol–water partition coefficient (Wildman–Crippen LogP) is 3.33. The average molecular weight is 317 g/mol.